The van der Waals surface area contributed by atoms with E-state index in [0.717, 1.165) is 4.88 Å². The average molecular weight is 325 g/mol. The van der Waals surface area contributed by atoms with Crippen molar-refractivity contribution in [1.82, 2.24) is 9.88 Å². The molecule has 0 saturated heterocycles. The number of thiophene rings is 1. The van der Waals surface area contributed by atoms with Crippen LogP contribution in [0.15, 0.2) is 46.5 Å². The van der Waals surface area contributed by atoms with Gasteiger partial charge in [-0.15, -0.1) is 11.3 Å². The quantitative estimate of drug-likeness (QED) is 0.793. The molecule has 116 valence electrons. The van der Waals surface area contributed by atoms with E-state index >= 15 is 0 Å². The molecule has 0 aliphatic carbocycles. The summed E-state index contributed by atoms with van der Waals surface area (Å²) in [6.45, 7) is 3.61. The van der Waals surface area contributed by atoms with Crippen molar-refractivity contribution >= 4 is 17.2 Å². The van der Waals surface area contributed by atoms with Gasteiger partial charge in [-0.25, -0.2) is 0 Å². The molecule has 0 aromatic carbocycles. The first kappa shape index (κ1) is 15.1. The van der Waals surface area contributed by atoms with Crippen molar-refractivity contribution in [3.63, 3.8) is 0 Å². The van der Waals surface area contributed by atoms with Crippen LogP contribution in [-0.2, 0) is 0 Å². The highest BCUT2D eigenvalue weighted by Gasteiger charge is 2.25. The van der Waals surface area contributed by atoms with Crippen molar-refractivity contribution in [2.75, 3.05) is 0 Å². The minimum atomic E-state index is -0.304. The van der Waals surface area contributed by atoms with Crippen molar-refractivity contribution in [1.29, 1.82) is 5.26 Å². The Labute approximate surface area is 137 Å². The zero-order chi connectivity index (χ0) is 16.4. The summed E-state index contributed by atoms with van der Waals surface area (Å²) >= 11 is 1.58. The molecule has 1 amide bonds. The molecule has 23 heavy (non-hydrogen) atoms. The van der Waals surface area contributed by atoms with E-state index in [4.69, 9.17) is 4.42 Å². The number of carbonyl (C=O) groups is 1. The topological polar surface area (TPSA) is 71.0 Å². The van der Waals surface area contributed by atoms with E-state index in [1.54, 1.807) is 35.2 Å². The first-order chi connectivity index (χ1) is 11.1. The summed E-state index contributed by atoms with van der Waals surface area (Å²) in [6.07, 6.45) is 3.55. The van der Waals surface area contributed by atoms with E-state index in [9.17, 15) is 10.1 Å². The number of hydrogen-bond donors (Lipinski definition) is 1. The first-order valence-corrected chi connectivity index (χ1v) is 8.01. The van der Waals surface area contributed by atoms with Crippen LogP contribution in [0.1, 0.15) is 39.5 Å². The number of nitrogens with zero attached hydrogens (tertiary/aromatic N) is 2. The van der Waals surface area contributed by atoms with Gasteiger partial charge in [0.2, 0.25) is 5.88 Å². The normalized spacial score (nSPS) is 11.9. The van der Waals surface area contributed by atoms with Crippen LogP contribution in [0.5, 0.6) is 0 Å². The standard InChI is InChI=1S/C17H15N3O2S/c1-11(14-6-5-9-23-14)19-16(21)15-12(2)22-17(13(15)10-18)20-7-3-4-8-20/h3-9,11H,1-2H3,(H,19,21). The molecule has 0 radical (unpaired) electrons. The summed E-state index contributed by atoms with van der Waals surface area (Å²) in [7, 11) is 0. The second-order valence-electron chi connectivity index (χ2n) is 5.13. The average Bonchev–Trinajstić information content (AvgIpc) is 3.27. The lowest BCUT2D eigenvalue weighted by molar-refractivity contribution is 0.0938. The van der Waals surface area contributed by atoms with Crippen LogP contribution in [-0.4, -0.2) is 10.5 Å². The van der Waals surface area contributed by atoms with Gasteiger partial charge in [0.25, 0.3) is 5.91 Å². The fourth-order valence-corrected chi connectivity index (χ4v) is 3.17. The molecule has 0 spiro atoms. The third-order valence-corrected chi connectivity index (χ3v) is 4.62. The zero-order valence-electron chi connectivity index (χ0n) is 12.7. The number of nitriles is 1. The molecule has 0 bridgehead atoms. The minimum Gasteiger partial charge on any atom is -0.443 e. The smallest absolute Gasteiger partial charge is 0.256 e. The van der Waals surface area contributed by atoms with Gasteiger partial charge in [-0.05, 0) is 37.4 Å². The van der Waals surface area contributed by atoms with Crippen LogP contribution in [0.4, 0.5) is 0 Å². The fourth-order valence-electron chi connectivity index (χ4n) is 2.44. The predicted molar refractivity (Wildman–Crippen MR) is 87.7 cm³/mol. The lowest BCUT2D eigenvalue weighted by atomic mass is 10.1. The van der Waals surface area contributed by atoms with Gasteiger partial charge in [-0.3, -0.25) is 9.36 Å². The molecule has 1 atom stereocenters. The van der Waals surface area contributed by atoms with Gasteiger partial charge in [-0.1, -0.05) is 6.07 Å². The fraction of sp³-hybridized carbons (Fsp3) is 0.176. The molecule has 0 aliphatic heterocycles. The van der Waals surface area contributed by atoms with Gasteiger partial charge in [0, 0.05) is 17.3 Å². The SMILES string of the molecule is Cc1oc(-n2cccc2)c(C#N)c1C(=O)NC(C)c1cccs1. The number of aryl methyl sites for hydroxylation is 1. The summed E-state index contributed by atoms with van der Waals surface area (Å²) < 4.78 is 7.34. The molecule has 0 fully saturated rings. The number of nitrogens with one attached hydrogen (secondary N) is 1. The number of aromatic nitrogens is 1. The maximum Gasteiger partial charge on any atom is 0.256 e. The summed E-state index contributed by atoms with van der Waals surface area (Å²) in [6, 6.07) is 9.53. The maximum atomic E-state index is 12.6. The number of furan rings is 1. The van der Waals surface area contributed by atoms with Crippen LogP contribution in [0.25, 0.3) is 5.88 Å². The Bertz CT molecular complexity index is 855. The first-order valence-electron chi connectivity index (χ1n) is 7.13. The van der Waals surface area contributed by atoms with Gasteiger partial charge in [0.05, 0.1) is 6.04 Å². The van der Waals surface area contributed by atoms with Crippen molar-refractivity contribution in [3.05, 3.63) is 63.8 Å². The Balaban J connectivity index is 1.93. The highest BCUT2D eigenvalue weighted by atomic mass is 32.1. The molecule has 0 aliphatic rings. The number of rotatable bonds is 4. The van der Waals surface area contributed by atoms with Crippen molar-refractivity contribution in [3.8, 4) is 12.0 Å². The van der Waals surface area contributed by atoms with E-state index in [2.05, 4.69) is 11.4 Å². The van der Waals surface area contributed by atoms with E-state index < -0.39 is 0 Å². The second kappa shape index (κ2) is 6.15. The molecule has 3 heterocycles. The van der Waals surface area contributed by atoms with Gasteiger partial charge in [0.1, 0.15) is 23.0 Å². The highest BCUT2D eigenvalue weighted by Crippen LogP contribution is 2.26. The molecular weight excluding hydrogens is 310 g/mol. The monoisotopic (exact) mass is 325 g/mol. The number of carbonyl (C=O) groups excluding carboxylic acids is 1. The van der Waals surface area contributed by atoms with Crippen molar-refractivity contribution in [2.24, 2.45) is 0 Å². The Morgan fingerprint density at radius 2 is 2.13 bits per heavy atom. The van der Waals surface area contributed by atoms with Crippen LogP contribution in [0, 0.1) is 18.3 Å². The van der Waals surface area contributed by atoms with E-state index in [0.29, 0.717) is 17.2 Å². The Kier molecular flexibility index (Phi) is 4.04. The lowest BCUT2D eigenvalue weighted by Gasteiger charge is -2.11. The number of amides is 1. The van der Waals surface area contributed by atoms with Crippen molar-refractivity contribution in [2.45, 2.75) is 19.9 Å². The van der Waals surface area contributed by atoms with Crippen LogP contribution < -0.4 is 5.32 Å². The largest absolute Gasteiger partial charge is 0.443 e. The molecule has 3 aromatic rings. The molecule has 3 rings (SSSR count). The van der Waals surface area contributed by atoms with E-state index in [1.165, 1.54) is 0 Å². The second-order valence-corrected chi connectivity index (χ2v) is 6.11. The minimum absolute atomic E-state index is 0.127. The van der Waals surface area contributed by atoms with Crippen molar-refractivity contribution < 1.29 is 9.21 Å². The predicted octanol–water partition coefficient (Wildman–Crippen LogP) is 3.80. The third-order valence-electron chi connectivity index (χ3n) is 3.56. The van der Waals surface area contributed by atoms with E-state index in [1.807, 2.05) is 36.6 Å². The number of hydrogen-bond acceptors (Lipinski definition) is 4. The van der Waals surface area contributed by atoms with Crippen LogP contribution in [0.3, 0.4) is 0 Å². The summed E-state index contributed by atoms with van der Waals surface area (Å²) in [5, 5.41) is 14.4. The van der Waals surface area contributed by atoms with E-state index in [-0.39, 0.29) is 17.5 Å². The summed E-state index contributed by atoms with van der Waals surface area (Å²) in [4.78, 5) is 13.7. The van der Waals surface area contributed by atoms with Gasteiger partial charge in [0.15, 0.2) is 0 Å². The molecule has 5 nitrogen and oxygen atoms in total. The maximum absolute atomic E-state index is 12.6. The van der Waals surface area contributed by atoms with Gasteiger partial charge in [-0.2, -0.15) is 5.26 Å². The molecule has 6 heteroatoms. The third kappa shape index (κ3) is 2.79. The Morgan fingerprint density at radius 3 is 2.74 bits per heavy atom. The molecule has 0 saturated carbocycles. The zero-order valence-corrected chi connectivity index (χ0v) is 13.6. The van der Waals surface area contributed by atoms with Crippen LogP contribution >= 0.6 is 11.3 Å². The summed E-state index contributed by atoms with van der Waals surface area (Å²) in [5.74, 6) is 0.493. The molecule has 3 aromatic heterocycles. The summed E-state index contributed by atoms with van der Waals surface area (Å²) in [5.41, 5.74) is 0.536. The molecule has 1 unspecified atom stereocenters. The Hall–Kier alpha value is -2.78. The lowest BCUT2D eigenvalue weighted by Crippen LogP contribution is -2.27. The van der Waals surface area contributed by atoms with Gasteiger partial charge >= 0.3 is 0 Å². The van der Waals surface area contributed by atoms with Gasteiger partial charge < -0.3 is 9.73 Å². The Morgan fingerprint density at radius 1 is 1.39 bits per heavy atom. The molecule has 1 N–H and O–H groups in total. The van der Waals surface area contributed by atoms with Crippen LogP contribution in [0.2, 0.25) is 0 Å². The highest BCUT2D eigenvalue weighted by molar-refractivity contribution is 7.10. The molecular formula is C17H15N3O2S.